The number of rotatable bonds is 6. The second kappa shape index (κ2) is 6.58. The van der Waals surface area contributed by atoms with Gasteiger partial charge in [-0.15, -0.1) is 0 Å². The molecule has 0 radical (unpaired) electrons. The maximum Gasteiger partial charge on any atom is 0.0671 e. The van der Waals surface area contributed by atoms with Gasteiger partial charge in [0.05, 0.1) is 18.3 Å². The number of likely N-dealkylation sites (N-methyl/N-ethyl adjacent to an activating group) is 1. The van der Waals surface area contributed by atoms with Gasteiger partial charge in [-0.1, -0.05) is 13.0 Å². The lowest BCUT2D eigenvalue weighted by Gasteiger charge is -2.31. The van der Waals surface area contributed by atoms with Crippen molar-refractivity contribution in [3.63, 3.8) is 0 Å². The maximum atomic E-state index is 8.98. The van der Waals surface area contributed by atoms with Crippen LogP contribution < -0.4 is 5.73 Å². The largest absolute Gasteiger partial charge is 0.395 e. The Morgan fingerprint density at radius 3 is 2.75 bits per heavy atom. The molecule has 1 aromatic rings. The van der Waals surface area contributed by atoms with E-state index in [2.05, 4.69) is 16.8 Å². The van der Waals surface area contributed by atoms with Crippen LogP contribution in [-0.2, 0) is 0 Å². The van der Waals surface area contributed by atoms with Crippen LogP contribution in [0.3, 0.4) is 0 Å². The Morgan fingerprint density at radius 2 is 2.25 bits per heavy atom. The van der Waals surface area contributed by atoms with Gasteiger partial charge in [0.1, 0.15) is 0 Å². The van der Waals surface area contributed by atoms with Crippen molar-refractivity contribution < 1.29 is 5.11 Å². The van der Waals surface area contributed by atoms with E-state index in [4.69, 9.17) is 10.8 Å². The smallest absolute Gasteiger partial charge is 0.0671 e. The third kappa shape index (κ3) is 3.27. The standard InChI is InChI=1S/C12H21N3O/c1-3-10(13)12(15(2)8-9-16)11-6-4-5-7-14-11/h4-7,10,12,16H,3,8-9,13H2,1-2H3. The first-order chi connectivity index (χ1) is 7.70. The molecule has 4 heteroatoms. The second-order valence-corrected chi connectivity index (χ2v) is 3.98. The minimum absolute atomic E-state index is 0.0337. The maximum absolute atomic E-state index is 8.98. The molecule has 0 amide bonds. The van der Waals surface area contributed by atoms with E-state index in [0.29, 0.717) is 6.54 Å². The summed E-state index contributed by atoms with van der Waals surface area (Å²) >= 11 is 0. The highest BCUT2D eigenvalue weighted by molar-refractivity contribution is 5.11. The molecule has 0 saturated heterocycles. The van der Waals surface area contributed by atoms with Gasteiger partial charge in [-0.2, -0.15) is 0 Å². The molecule has 1 aromatic heterocycles. The van der Waals surface area contributed by atoms with E-state index in [1.165, 1.54) is 0 Å². The Bertz CT molecular complexity index is 292. The highest BCUT2D eigenvalue weighted by Gasteiger charge is 2.23. The Hall–Kier alpha value is -0.970. The summed E-state index contributed by atoms with van der Waals surface area (Å²) in [5, 5.41) is 8.98. The molecule has 0 bridgehead atoms. The Kier molecular flexibility index (Phi) is 5.38. The molecule has 0 fully saturated rings. The van der Waals surface area contributed by atoms with Crippen LogP contribution in [0.5, 0.6) is 0 Å². The minimum atomic E-state index is 0.0337. The van der Waals surface area contributed by atoms with Crippen LogP contribution in [0.25, 0.3) is 0 Å². The van der Waals surface area contributed by atoms with Crippen molar-refractivity contribution in [1.29, 1.82) is 0 Å². The van der Waals surface area contributed by atoms with E-state index in [9.17, 15) is 0 Å². The summed E-state index contributed by atoms with van der Waals surface area (Å²) in [6.45, 7) is 2.80. The van der Waals surface area contributed by atoms with Gasteiger partial charge >= 0.3 is 0 Å². The van der Waals surface area contributed by atoms with Crippen molar-refractivity contribution in [3.8, 4) is 0 Å². The zero-order chi connectivity index (χ0) is 12.0. The summed E-state index contributed by atoms with van der Waals surface area (Å²) in [4.78, 5) is 6.40. The lowest BCUT2D eigenvalue weighted by molar-refractivity contribution is 0.159. The summed E-state index contributed by atoms with van der Waals surface area (Å²) in [5.41, 5.74) is 7.08. The second-order valence-electron chi connectivity index (χ2n) is 3.98. The predicted molar refractivity (Wildman–Crippen MR) is 65.0 cm³/mol. The van der Waals surface area contributed by atoms with E-state index >= 15 is 0 Å². The van der Waals surface area contributed by atoms with Crippen molar-refractivity contribution >= 4 is 0 Å². The summed E-state index contributed by atoms with van der Waals surface area (Å²) in [5.74, 6) is 0. The van der Waals surface area contributed by atoms with Gasteiger partial charge in [0.2, 0.25) is 0 Å². The lowest BCUT2D eigenvalue weighted by atomic mass is 10.0. The third-order valence-electron chi connectivity index (χ3n) is 2.80. The Balaban J connectivity index is 2.87. The number of aliphatic hydroxyl groups is 1. The summed E-state index contributed by atoms with van der Waals surface area (Å²) in [6, 6.07) is 5.94. The van der Waals surface area contributed by atoms with Crippen LogP contribution in [0.15, 0.2) is 24.4 Å². The zero-order valence-corrected chi connectivity index (χ0v) is 10.0. The molecule has 0 aliphatic rings. The van der Waals surface area contributed by atoms with E-state index in [-0.39, 0.29) is 18.7 Å². The number of hydrogen-bond donors (Lipinski definition) is 2. The van der Waals surface area contributed by atoms with Crippen molar-refractivity contribution in [1.82, 2.24) is 9.88 Å². The van der Waals surface area contributed by atoms with Gasteiger partial charge in [-0.05, 0) is 25.6 Å². The fraction of sp³-hybridized carbons (Fsp3) is 0.583. The molecule has 0 saturated carbocycles. The molecule has 2 atom stereocenters. The fourth-order valence-corrected chi connectivity index (χ4v) is 1.84. The Morgan fingerprint density at radius 1 is 1.50 bits per heavy atom. The first-order valence-corrected chi connectivity index (χ1v) is 5.68. The fourth-order valence-electron chi connectivity index (χ4n) is 1.84. The number of nitrogens with two attached hydrogens (primary N) is 1. The molecule has 4 nitrogen and oxygen atoms in total. The lowest BCUT2D eigenvalue weighted by Crippen LogP contribution is -2.40. The first-order valence-electron chi connectivity index (χ1n) is 5.68. The molecule has 1 heterocycles. The average Bonchev–Trinajstić information content (AvgIpc) is 2.31. The number of pyridine rings is 1. The molecule has 0 spiro atoms. The molecule has 90 valence electrons. The quantitative estimate of drug-likeness (QED) is 0.748. The number of nitrogens with zero attached hydrogens (tertiary/aromatic N) is 2. The molecule has 1 rings (SSSR count). The van der Waals surface area contributed by atoms with E-state index in [0.717, 1.165) is 12.1 Å². The van der Waals surface area contributed by atoms with E-state index in [1.807, 2.05) is 25.2 Å². The van der Waals surface area contributed by atoms with Gasteiger partial charge in [0, 0.05) is 18.8 Å². The van der Waals surface area contributed by atoms with Crippen molar-refractivity contribution in [3.05, 3.63) is 30.1 Å². The number of aromatic nitrogens is 1. The summed E-state index contributed by atoms with van der Waals surface area (Å²) in [7, 11) is 1.96. The van der Waals surface area contributed by atoms with Crippen LogP contribution >= 0.6 is 0 Å². The molecule has 0 aliphatic carbocycles. The number of hydrogen-bond acceptors (Lipinski definition) is 4. The topological polar surface area (TPSA) is 62.4 Å². The van der Waals surface area contributed by atoms with E-state index in [1.54, 1.807) is 6.20 Å². The van der Waals surface area contributed by atoms with Crippen LogP contribution in [0.1, 0.15) is 25.1 Å². The average molecular weight is 223 g/mol. The van der Waals surface area contributed by atoms with Crippen molar-refractivity contribution in [2.24, 2.45) is 5.73 Å². The predicted octanol–water partition coefficient (Wildman–Crippen LogP) is 0.784. The summed E-state index contributed by atoms with van der Waals surface area (Å²) < 4.78 is 0. The van der Waals surface area contributed by atoms with Crippen LogP contribution in [0, 0.1) is 0 Å². The first kappa shape index (κ1) is 13.1. The molecule has 0 aromatic carbocycles. The van der Waals surface area contributed by atoms with Crippen molar-refractivity contribution in [2.75, 3.05) is 20.2 Å². The monoisotopic (exact) mass is 223 g/mol. The molecular weight excluding hydrogens is 202 g/mol. The SMILES string of the molecule is CCC(N)C(c1ccccn1)N(C)CCO. The third-order valence-corrected chi connectivity index (χ3v) is 2.80. The van der Waals surface area contributed by atoms with Gasteiger partial charge in [-0.3, -0.25) is 9.88 Å². The van der Waals surface area contributed by atoms with Crippen LogP contribution in [0.2, 0.25) is 0 Å². The normalized spacial score (nSPS) is 15.1. The molecule has 3 N–H and O–H groups in total. The van der Waals surface area contributed by atoms with Crippen LogP contribution in [0.4, 0.5) is 0 Å². The minimum Gasteiger partial charge on any atom is -0.395 e. The van der Waals surface area contributed by atoms with Gasteiger partial charge in [0.15, 0.2) is 0 Å². The van der Waals surface area contributed by atoms with Gasteiger partial charge in [0.25, 0.3) is 0 Å². The molecular formula is C12H21N3O. The molecule has 0 aliphatic heterocycles. The molecule has 2 unspecified atom stereocenters. The van der Waals surface area contributed by atoms with Gasteiger partial charge in [-0.25, -0.2) is 0 Å². The van der Waals surface area contributed by atoms with E-state index < -0.39 is 0 Å². The van der Waals surface area contributed by atoms with Crippen LogP contribution in [-0.4, -0.2) is 41.2 Å². The van der Waals surface area contributed by atoms with Crippen molar-refractivity contribution in [2.45, 2.75) is 25.4 Å². The number of aliphatic hydroxyl groups excluding tert-OH is 1. The Labute approximate surface area is 97.1 Å². The highest BCUT2D eigenvalue weighted by atomic mass is 16.3. The zero-order valence-electron chi connectivity index (χ0n) is 10.0. The summed E-state index contributed by atoms with van der Waals surface area (Å²) in [6.07, 6.45) is 2.66. The van der Waals surface area contributed by atoms with Gasteiger partial charge < -0.3 is 10.8 Å². The molecule has 16 heavy (non-hydrogen) atoms. The highest BCUT2D eigenvalue weighted by Crippen LogP contribution is 2.21.